The maximum atomic E-state index is 5.59. The monoisotopic (exact) mass is 190 g/mol. The number of aromatic nitrogens is 3. The van der Waals surface area contributed by atoms with Crippen LogP contribution in [0.4, 0.5) is 0 Å². The fraction of sp³-hybridized carbons (Fsp3) is 0.200. The standard InChI is InChI=1S/C10H12N3O/c1-12-7-4-3-5-9(12)14-10-11-6-8-13(10)2/h3-8H,1-2H3/q+1. The van der Waals surface area contributed by atoms with Crippen LogP contribution < -0.4 is 9.30 Å². The lowest BCUT2D eigenvalue weighted by molar-refractivity contribution is -0.676. The van der Waals surface area contributed by atoms with E-state index in [4.69, 9.17) is 4.74 Å². The summed E-state index contributed by atoms with van der Waals surface area (Å²) in [5.74, 6) is 0.766. The first-order chi connectivity index (χ1) is 6.77. The predicted octanol–water partition coefficient (Wildman–Crippen LogP) is 1.04. The molecule has 0 atom stereocenters. The van der Waals surface area contributed by atoms with Crippen molar-refractivity contribution in [3.63, 3.8) is 0 Å². The van der Waals surface area contributed by atoms with Crippen LogP contribution in [0.2, 0.25) is 0 Å². The molecule has 0 radical (unpaired) electrons. The molecular formula is C10H12N3O+. The van der Waals surface area contributed by atoms with Crippen molar-refractivity contribution in [1.82, 2.24) is 9.55 Å². The molecule has 14 heavy (non-hydrogen) atoms. The number of aryl methyl sites for hydroxylation is 2. The molecule has 0 fully saturated rings. The van der Waals surface area contributed by atoms with E-state index in [-0.39, 0.29) is 0 Å². The van der Waals surface area contributed by atoms with Gasteiger partial charge in [-0.05, 0) is 6.07 Å². The van der Waals surface area contributed by atoms with E-state index in [1.54, 1.807) is 6.20 Å². The summed E-state index contributed by atoms with van der Waals surface area (Å²) >= 11 is 0. The largest absolute Gasteiger partial charge is 0.375 e. The molecule has 2 aromatic rings. The summed E-state index contributed by atoms with van der Waals surface area (Å²) in [6, 6.07) is 6.37. The first-order valence-electron chi connectivity index (χ1n) is 4.37. The van der Waals surface area contributed by atoms with E-state index in [9.17, 15) is 0 Å². The minimum absolute atomic E-state index is 0.590. The third-order valence-electron chi connectivity index (χ3n) is 1.98. The van der Waals surface area contributed by atoms with E-state index in [0.29, 0.717) is 6.01 Å². The van der Waals surface area contributed by atoms with Crippen LogP contribution in [-0.4, -0.2) is 9.55 Å². The van der Waals surface area contributed by atoms with Gasteiger partial charge in [0.2, 0.25) is 0 Å². The Balaban J connectivity index is 2.28. The average molecular weight is 190 g/mol. The van der Waals surface area contributed by atoms with E-state index >= 15 is 0 Å². The summed E-state index contributed by atoms with van der Waals surface area (Å²) in [4.78, 5) is 4.08. The number of hydrogen-bond acceptors (Lipinski definition) is 2. The highest BCUT2D eigenvalue weighted by molar-refractivity contribution is 5.09. The Kier molecular flexibility index (Phi) is 2.18. The summed E-state index contributed by atoms with van der Waals surface area (Å²) in [6.45, 7) is 0. The number of hydrogen-bond donors (Lipinski definition) is 0. The van der Waals surface area contributed by atoms with Gasteiger partial charge in [0, 0.05) is 25.5 Å². The Hall–Kier alpha value is -1.84. The predicted molar refractivity (Wildman–Crippen MR) is 50.9 cm³/mol. The fourth-order valence-corrected chi connectivity index (χ4v) is 1.16. The summed E-state index contributed by atoms with van der Waals surface area (Å²) in [7, 11) is 3.82. The number of imidazole rings is 1. The minimum atomic E-state index is 0.590. The molecule has 0 aliphatic heterocycles. The van der Waals surface area contributed by atoms with Gasteiger partial charge >= 0.3 is 11.9 Å². The molecule has 0 saturated carbocycles. The Morgan fingerprint density at radius 2 is 2.29 bits per heavy atom. The normalized spacial score (nSPS) is 10.1. The van der Waals surface area contributed by atoms with Gasteiger partial charge in [-0.1, -0.05) is 0 Å². The molecule has 4 heteroatoms. The van der Waals surface area contributed by atoms with E-state index in [0.717, 1.165) is 5.88 Å². The first-order valence-corrected chi connectivity index (χ1v) is 4.37. The third kappa shape index (κ3) is 1.59. The maximum Gasteiger partial charge on any atom is 0.375 e. The van der Waals surface area contributed by atoms with Gasteiger partial charge < -0.3 is 9.30 Å². The number of nitrogens with zero attached hydrogens (tertiary/aromatic N) is 3. The average Bonchev–Trinajstić information content (AvgIpc) is 2.56. The van der Waals surface area contributed by atoms with E-state index < -0.39 is 0 Å². The lowest BCUT2D eigenvalue weighted by Gasteiger charge is -2.01. The second-order valence-corrected chi connectivity index (χ2v) is 3.07. The summed E-state index contributed by atoms with van der Waals surface area (Å²) in [6.07, 6.45) is 5.48. The van der Waals surface area contributed by atoms with Crippen LogP contribution in [0.5, 0.6) is 11.9 Å². The molecule has 0 aromatic carbocycles. The lowest BCUT2D eigenvalue weighted by atomic mass is 10.5. The fourth-order valence-electron chi connectivity index (χ4n) is 1.16. The van der Waals surface area contributed by atoms with Crippen molar-refractivity contribution >= 4 is 0 Å². The molecule has 4 nitrogen and oxygen atoms in total. The van der Waals surface area contributed by atoms with Crippen LogP contribution in [0.1, 0.15) is 0 Å². The Morgan fingerprint density at radius 1 is 1.43 bits per heavy atom. The van der Waals surface area contributed by atoms with Crippen molar-refractivity contribution in [1.29, 1.82) is 0 Å². The van der Waals surface area contributed by atoms with Crippen LogP contribution in [-0.2, 0) is 14.1 Å². The molecular weight excluding hydrogens is 178 g/mol. The van der Waals surface area contributed by atoms with Gasteiger partial charge in [-0.25, -0.2) is 4.98 Å². The smallest absolute Gasteiger partial charge is 0.370 e. The molecule has 0 amide bonds. The SMILES string of the molecule is Cn1ccnc1Oc1cccc[n+]1C. The molecule has 0 spiro atoms. The zero-order valence-electron chi connectivity index (χ0n) is 8.21. The van der Waals surface area contributed by atoms with E-state index in [1.165, 1.54) is 0 Å². The molecule has 2 aromatic heterocycles. The molecule has 0 aliphatic carbocycles. The molecule has 2 rings (SSSR count). The van der Waals surface area contributed by atoms with Crippen LogP contribution >= 0.6 is 0 Å². The van der Waals surface area contributed by atoms with Gasteiger partial charge in [-0.15, -0.1) is 0 Å². The molecule has 0 N–H and O–H groups in total. The topological polar surface area (TPSA) is 30.9 Å². The van der Waals surface area contributed by atoms with Crippen molar-refractivity contribution < 1.29 is 9.30 Å². The molecule has 0 unspecified atom stereocenters. The highest BCUT2D eigenvalue weighted by atomic mass is 16.5. The van der Waals surface area contributed by atoms with Crippen LogP contribution in [0.25, 0.3) is 0 Å². The zero-order chi connectivity index (χ0) is 9.97. The van der Waals surface area contributed by atoms with Gasteiger partial charge in [0.25, 0.3) is 0 Å². The summed E-state index contributed by atoms with van der Waals surface area (Å²) < 4.78 is 9.32. The van der Waals surface area contributed by atoms with Gasteiger partial charge in [-0.3, -0.25) is 0 Å². The van der Waals surface area contributed by atoms with Crippen LogP contribution in [0.3, 0.4) is 0 Å². The number of pyridine rings is 1. The van der Waals surface area contributed by atoms with Gasteiger partial charge in [0.05, 0.1) is 6.07 Å². The van der Waals surface area contributed by atoms with Gasteiger partial charge in [-0.2, -0.15) is 4.57 Å². The highest BCUT2D eigenvalue weighted by Crippen LogP contribution is 2.13. The Bertz CT molecular complexity index is 436. The van der Waals surface area contributed by atoms with Crippen molar-refractivity contribution in [2.45, 2.75) is 0 Å². The molecule has 0 aliphatic rings. The van der Waals surface area contributed by atoms with E-state index in [2.05, 4.69) is 4.98 Å². The number of rotatable bonds is 2. The quantitative estimate of drug-likeness (QED) is 0.662. The minimum Gasteiger partial charge on any atom is -0.370 e. The lowest BCUT2D eigenvalue weighted by Crippen LogP contribution is -2.29. The van der Waals surface area contributed by atoms with Crippen LogP contribution in [0, 0.1) is 0 Å². The first kappa shape index (κ1) is 8.74. The van der Waals surface area contributed by atoms with Crippen molar-refractivity contribution in [2.75, 3.05) is 0 Å². The Morgan fingerprint density at radius 3 is 2.93 bits per heavy atom. The maximum absolute atomic E-state index is 5.59. The third-order valence-corrected chi connectivity index (χ3v) is 1.98. The zero-order valence-corrected chi connectivity index (χ0v) is 8.21. The molecule has 72 valence electrons. The number of ether oxygens (including phenoxy) is 1. The summed E-state index contributed by atoms with van der Waals surface area (Å²) in [5, 5.41) is 0. The molecule has 2 heterocycles. The summed E-state index contributed by atoms with van der Waals surface area (Å²) in [5.41, 5.74) is 0. The van der Waals surface area contributed by atoms with Gasteiger partial charge in [0.15, 0.2) is 6.20 Å². The van der Waals surface area contributed by atoms with Crippen molar-refractivity contribution in [2.24, 2.45) is 14.1 Å². The second-order valence-electron chi connectivity index (χ2n) is 3.07. The van der Waals surface area contributed by atoms with Crippen LogP contribution in [0.15, 0.2) is 36.8 Å². The molecule has 0 bridgehead atoms. The molecule has 0 saturated heterocycles. The van der Waals surface area contributed by atoms with E-state index in [1.807, 2.05) is 53.8 Å². The van der Waals surface area contributed by atoms with Gasteiger partial charge in [0.1, 0.15) is 7.05 Å². The van der Waals surface area contributed by atoms with Crippen molar-refractivity contribution in [3.8, 4) is 11.9 Å². The second kappa shape index (κ2) is 3.49. The Labute approximate surface area is 82.4 Å². The highest BCUT2D eigenvalue weighted by Gasteiger charge is 2.09. The van der Waals surface area contributed by atoms with Crippen molar-refractivity contribution in [3.05, 3.63) is 36.8 Å².